The zero-order valence-corrected chi connectivity index (χ0v) is 19.2. The van der Waals surface area contributed by atoms with E-state index >= 15 is 0 Å². The number of pyridine rings is 1. The van der Waals surface area contributed by atoms with Crippen LogP contribution in [0.25, 0.3) is 28.5 Å². The van der Waals surface area contributed by atoms with Gasteiger partial charge in [0, 0.05) is 34.5 Å². The number of nitrogens with zero attached hydrogens (tertiary/aromatic N) is 6. The number of rotatable bonds is 5. The highest BCUT2D eigenvalue weighted by Gasteiger charge is 2.20. The summed E-state index contributed by atoms with van der Waals surface area (Å²) >= 11 is 12.1. The summed E-state index contributed by atoms with van der Waals surface area (Å²) in [4.78, 5) is 31.6. The van der Waals surface area contributed by atoms with Gasteiger partial charge in [-0.15, -0.1) is 5.10 Å². The molecular weight excluding hydrogens is 479 g/mol. The number of amides is 1. The topological polar surface area (TPSA) is 98.5 Å². The number of carbonyl (C=O) groups is 1. The van der Waals surface area contributed by atoms with Crippen LogP contribution in [-0.2, 0) is 11.3 Å². The highest BCUT2D eigenvalue weighted by Crippen LogP contribution is 2.26. The van der Waals surface area contributed by atoms with Crippen LogP contribution in [0, 0.1) is 0 Å². The van der Waals surface area contributed by atoms with E-state index in [1.807, 2.05) is 6.07 Å². The van der Waals surface area contributed by atoms with E-state index < -0.39 is 5.69 Å². The molecule has 0 saturated carbocycles. The van der Waals surface area contributed by atoms with Gasteiger partial charge >= 0.3 is 5.69 Å². The van der Waals surface area contributed by atoms with E-state index in [4.69, 9.17) is 27.7 Å². The summed E-state index contributed by atoms with van der Waals surface area (Å²) in [6.07, 6.45) is 1.56. The van der Waals surface area contributed by atoms with E-state index in [2.05, 4.69) is 15.2 Å². The fourth-order valence-electron chi connectivity index (χ4n) is 3.45. The molecule has 0 radical (unpaired) electrons. The average Bonchev–Trinajstić information content (AvgIpc) is 3.44. The maximum absolute atomic E-state index is 12.9. The highest BCUT2D eigenvalue weighted by molar-refractivity contribution is 6.31. The Morgan fingerprint density at radius 3 is 2.59 bits per heavy atom. The van der Waals surface area contributed by atoms with Crippen LogP contribution in [0.5, 0.6) is 0 Å². The summed E-state index contributed by atoms with van der Waals surface area (Å²) in [5.41, 5.74) is 1.56. The van der Waals surface area contributed by atoms with Crippen LogP contribution in [0.1, 0.15) is 0 Å². The lowest BCUT2D eigenvalue weighted by molar-refractivity contribution is -0.119. The lowest BCUT2D eigenvalue weighted by Crippen LogP contribution is -2.34. The molecule has 5 aromatic rings. The van der Waals surface area contributed by atoms with Gasteiger partial charge in [-0.3, -0.25) is 4.79 Å². The predicted molar refractivity (Wildman–Crippen MR) is 128 cm³/mol. The molecule has 3 heterocycles. The largest absolute Gasteiger partial charge is 0.350 e. The fourth-order valence-corrected chi connectivity index (χ4v) is 3.82. The number of carbonyl (C=O) groups excluding carboxylic acids is 1. The standard InChI is InChI=1S/C23H16Cl2N6O3/c1-29(17-8-3-7-16(25)12-17)19(32)13-31-23(33)30-10-4-9-18(21(30)27-31)22-26-20(28-34-22)14-5-2-6-15(24)11-14/h2-12H,13H2,1H3. The van der Waals surface area contributed by atoms with E-state index in [0.29, 0.717) is 32.7 Å². The second-order valence-corrected chi connectivity index (χ2v) is 8.29. The van der Waals surface area contributed by atoms with Gasteiger partial charge in [-0.2, -0.15) is 4.98 Å². The van der Waals surface area contributed by atoms with Gasteiger partial charge in [-0.1, -0.05) is 46.6 Å². The quantitative estimate of drug-likeness (QED) is 0.363. The van der Waals surface area contributed by atoms with Crippen LogP contribution in [0.4, 0.5) is 5.69 Å². The summed E-state index contributed by atoms with van der Waals surface area (Å²) < 4.78 is 7.85. The van der Waals surface area contributed by atoms with Crippen molar-refractivity contribution in [3.63, 3.8) is 0 Å². The van der Waals surface area contributed by atoms with Crippen molar-refractivity contribution in [2.24, 2.45) is 0 Å². The molecule has 0 N–H and O–H groups in total. The Hall–Kier alpha value is -3.95. The molecule has 170 valence electrons. The summed E-state index contributed by atoms with van der Waals surface area (Å²) in [5.74, 6) is 0.190. The Kier molecular flexibility index (Phi) is 5.64. The molecule has 0 bridgehead atoms. The summed E-state index contributed by atoms with van der Waals surface area (Å²) in [7, 11) is 1.61. The van der Waals surface area contributed by atoms with Crippen molar-refractivity contribution in [3.8, 4) is 22.8 Å². The fraction of sp³-hybridized carbons (Fsp3) is 0.0870. The Labute approximate surface area is 202 Å². The number of halogens is 2. The van der Waals surface area contributed by atoms with Crippen LogP contribution in [0.15, 0.2) is 76.2 Å². The van der Waals surface area contributed by atoms with E-state index in [0.717, 1.165) is 4.68 Å². The van der Waals surface area contributed by atoms with Gasteiger partial charge in [-0.25, -0.2) is 13.9 Å². The number of anilines is 1. The minimum absolute atomic E-state index is 0.181. The molecule has 34 heavy (non-hydrogen) atoms. The Morgan fingerprint density at radius 1 is 1.06 bits per heavy atom. The van der Waals surface area contributed by atoms with Gasteiger partial charge in [-0.05, 0) is 42.5 Å². The highest BCUT2D eigenvalue weighted by atomic mass is 35.5. The molecule has 0 aliphatic carbocycles. The molecule has 5 rings (SSSR count). The maximum Gasteiger partial charge on any atom is 0.350 e. The van der Waals surface area contributed by atoms with Gasteiger partial charge in [0.2, 0.25) is 11.7 Å². The molecule has 9 nitrogen and oxygen atoms in total. The second-order valence-electron chi connectivity index (χ2n) is 7.42. The first kappa shape index (κ1) is 21.9. The SMILES string of the molecule is CN(C(=O)Cn1nc2c(-c3nc(-c4cccc(Cl)c4)no3)cccn2c1=O)c1cccc(Cl)c1. The van der Waals surface area contributed by atoms with Crippen molar-refractivity contribution in [1.29, 1.82) is 0 Å². The third-order valence-corrected chi connectivity index (χ3v) is 5.67. The lowest BCUT2D eigenvalue weighted by Gasteiger charge is -2.17. The zero-order chi connectivity index (χ0) is 23.8. The first-order valence-corrected chi connectivity index (χ1v) is 10.9. The van der Waals surface area contributed by atoms with Crippen LogP contribution >= 0.6 is 23.2 Å². The monoisotopic (exact) mass is 494 g/mol. The van der Waals surface area contributed by atoms with Gasteiger partial charge < -0.3 is 9.42 Å². The van der Waals surface area contributed by atoms with E-state index in [9.17, 15) is 9.59 Å². The molecular formula is C23H16Cl2N6O3. The molecule has 0 saturated heterocycles. The Balaban J connectivity index is 1.48. The van der Waals surface area contributed by atoms with Crippen LogP contribution < -0.4 is 10.6 Å². The van der Waals surface area contributed by atoms with Crippen LogP contribution in [-0.4, -0.2) is 37.3 Å². The van der Waals surface area contributed by atoms with Crippen molar-refractivity contribution in [3.05, 3.63) is 87.4 Å². The minimum Gasteiger partial charge on any atom is -0.333 e. The molecule has 3 aromatic heterocycles. The van der Waals surface area contributed by atoms with Crippen molar-refractivity contribution >= 4 is 40.4 Å². The van der Waals surface area contributed by atoms with E-state index in [1.54, 1.807) is 67.8 Å². The van der Waals surface area contributed by atoms with E-state index in [1.165, 1.54) is 9.30 Å². The van der Waals surface area contributed by atoms with Gasteiger partial charge in [0.15, 0.2) is 5.65 Å². The van der Waals surface area contributed by atoms with Crippen molar-refractivity contribution in [1.82, 2.24) is 24.3 Å². The maximum atomic E-state index is 12.9. The molecule has 0 aliphatic heterocycles. The summed E-state index contributed by atoms with van der Waals surface area (Å²) in [5, 5.41) is 9.43. The first-order chi connectivity index (χ1) is 16.4. The number of aromatic nitrogens is 5. The zero-order valence-electron chi connectivity index (χ0n) is 17.7. The summed E-state index contributed by atoms with van der Waals surface area (Å²) in [6.45, 7) is -0.263. The van der Waals surface area contributed by atoms with E-state index in [-0.39, 0.29) is 24.0 Å². The number of fused-ring (bicyclic) bond motifs is 1. The minimum atomic E-state index is -0.473. The lowest BCUT2D eigenvalue weighted by atomic mass is 10.2. The number of hydrogen-bond acceptors (Lipinski definition) is 6. The molecule has 0 aliphatic rings. The molecule has 11 heteroatoms. The predicted octanol–water partition coefficient (Wildman–Crippen LogP) is 4.18. The van der Waals surface area contributed by atoms with Crippen molar-refractivity contribution in [2.75, 3.05) is 11.9 Å². The molecule has 0 unspecified atom stereocenters. The third-order valence-electron chi connectivity index (χ3n) is 5.20. The van der Waals surface area contributed by atoms with Crippen LogP contribution in [0.3, 0.4) is 0 Å². The Morgan fingerprint density at radius 2 is 1.82 bits per heavy atom. The molecule has 0 fully saturated rings. The number of benzene rings is 2. The van der Waals surface area contributed by atoms with Crippen molar-refractivity contribution < 1.29 is 9.32 Å². The molecule has 0 spiro atoms. The Bertz CT molecular complexity index is 1590. The summed E-state index contributed by atoms with van der Waals surface area (Å²) in [6, 6.07) is 17.3. The normalized spacial score (nSPS) is 11.1. The molecule has 0 atom stereocenters. The van der Waals surface area contributed by atoms with Gasteiger partial charge in [0.05, 0.1) is 5.56 Å². The van der Waals surface area contributed by atoms with Gasteiger partial charge in [0.25, 0.3) is 5.89 Å². The molecule has 2 aromatic carbocycles. The molecule has 1 amide bonds. The second kappa shape index (κ2) is 8.77. The smallest absolute Gasteiger partial charge is 0.333 e. The average molecular weight is 495 g/mol. The third kappa shape index (κ3) is 4.07. The van der Waals surface area contributed by atoms with Crippen molar-refractivity contribution in [2.45, 2.75) is 6.54 Å². The number of hydrogen-bond donors (Lipinski definition) is 0. The first-order valence-electron chi connectivity index (χ1n) is 10.1. The van der Waals surface area contributed by atoms with Crippen LogP contribution in [0.2, 0.25) is 10.0 Å². The number of likely N-dealkylation sites (N-methyl/N-ethyl adjacent to an activating group) is 1. The van der Waals surface area contributed by atoms with Gasteiger partial charge in [0.1, 0.15) is 6.54 Å².